The highest BCUT2D eigenvalue weighted by Crippen LogP contribution is 2.27. The van der Waals surface area contributed by atoms with Crippen LogP contribution < -0.4 is 4.72 Å². The van der Waals surface area contributed by atoms with Crippen molar-refractivity contribution in [1.82, 2.24) is 9.71 Å². The standard InChI is InChI=1S/C13H20N2O4S/c1-2-9-4-3-5-10(6-9)15-20(18,19)11-7-12(13(16)17)14-8-11/h7-10,14-15H,2-6H2,1H3,(H,16,17). The van der Waals surface area contributed by atoms with Crippen molar-refractivity contribution in [3.05, 3.63) is 18.0 Å². The van der Waals surface area contributed by atoms with Crippen molar-refractivity contribution in [1.29, 1.82) is 0 Å². The van der Waals surface area contributed by atoms with Crippen LogP contribution in [0.15, 0.2) is 17.2 Å². The second kappa shape index (κ2) is 5.97. The molecule has 1 saturated carbocycles. The first-order valence-corrected chi connectivity index (χ1v) is 8.34. The summed E-state index contributed by atoms with van der Waals surface area (Å²) in [6.07, 6.45) is 6.15. The van der Waals surface area contributed by atoms with Gasteiger partial charge in [-0.25, -0.2) is 17.9 Å². The van der Waals surface area contributed by atoms with Gasteiger partial charge in [0.2, 0.25) is 10.0 Å². The molecule has 0 spiro atoms. The van der Waals surface area contributed by atoms with Crippen molar-refractivity contribution in [3.63, 3.8) is 0 Å². The number of H-pyrrole nitrogens is 1. The van der Waals surface area contributed by atoms with Crippen molar-refractivity contribution in [2.45, 2.75) is 50.0 Å². The summed E-state index contributed by atoms with van der Waals surface area (Å²) in [6, 6.07) is 1.09. The number of hydrogen-bond donors (Lipinski definition) is 3. The normalized spacial score (nSPS) is 23.6. The van der Waals surface area contributed by atoms with Gasteiger partial charge in [0.15, 0.2) is 0 Å². The van der Waals surface area contributed by atoms with Crippen LogP contribution in [-0.4, -0.2) is 30.5 Å². The second-order valence-corrected chi connectivity index (χ2v) is 7.03. The molecule has 0 saturated heterocycles. The molecule has 20 heavy (non-hydrogen) atoms. The molecule has 2 rings (SSSR count). The number of carbonyl (C=O) groups is 1. The van der Waals surface area contributed by atoms with Gasteiger partial charge in [0.25, 0.3) is 0 Å². The fourth-order valence-electron chi connectivity index (χ4n) is 2.71. The lowest BCUT2D eigenvalue weighted by molar-refractivity contribution is 0.0691. The summed E-state index contributed by atoms with van der Waals surface area (Å²) in [7, 11) is -3.65. The third-order valence-corrected chi connectivity index (χ3v) is 5.38. The van der Waals surface area contributed by atoms with Crippen molar-refractivity contribution in [2.75, 3.05) is 0 Å². The lowest BCUT2D eigenvalue weighted by Crippen LogP contribution is -2.38. The van der Waals surface area contributed by atoms with Gasteiger partial charge in [-0.2, -0.15) is 0 Å². The number of aromatic carboxylic acids is 1. The van der Waals surface area contributed by atoms with Crippen LogP contribution in [0, 0.1) is 5.92 Å². The molecule has 1 aliphatic rings. The Kier molecular flexibility index (Phi) is 4.49. The molecule has 3 N–H and O–H groups in total. The van der Waals surface area contributed by atoms with E-state index in [2.05, 4.69) is 16.6 Å². The maximum Gasteiger partial charge on any atom is 0.352 e. The van der Waals surface area contributed by atoms with Crippen LogP contribution in [0.4, 0.5) is 0 Å². The average molecular weight is 300 g/mol. The van der Waals surface area contributed by atoms with E-state index < -0.39 is 16.0 Å². The summed E-state index contributed by atoms with van der Waals surface area (Å²) in [6.45, 7) is 2.12. The van der Waals surface area contributed by atoms with E-state index in [1.54, 1.807) is 0 Å². The van der Waals surface area contributed by atoms with Gasteiger partial charge in [-0.15, -0.1) is 0 Å². The summed E-state index contributed by atoms with van der Waals surface area (Å²) in [5.74, 6) is -0.604. The van der Waals surface area contributed by atoms with Gasteiger partial charge in [0.05, 0.1) is 0 Å². The molecule has 0 aromatic carbocycles. The molecule has 2 atom stereocenters. The molecule has 1 aromatic rings. The Balaban J connectivity index is 2.08. The molecule has 0 radical (unpaired) electrons. The van der Waals surface area contributed by atoms with Crippen molar-refractivity contribution in [3.8, 4) is 0 Å². The third-order valence-electron chi connectivity index (χ3n) is 3.88. The van der Waals surface area contributed by atoms with E-state index in [1.807, 2.05) is 0 Å². The molecule has 6 nitrogen and oxygen atoms in total. The van der Waals surface area contributed by atoms with E-state index in [9.17, 15) is 13.2 Å². The Morgan fingerprint density at radius 1 is 1.50 bits per heavy atom. The first-order valence-electron chi connectivity index (χ1n) is 6.86. The van der Waals surface area contributed by atoms with Gasteiger partial charge in [-0.05, 0) is 24.8 Å². The molecular formula is C13H20N2O4S. The van der Waals surface area contributed by atoms with E-state index in [0.29, 0.717) is 5.92 Å². The minimum absolute atomic E-state index is 0.0199. The second-order valence-electron chi connectivity index (χ2n) is 5.31. The van der Waals surface area contributed by atoms with Gasteiger partial charge < -0.3 is 10.1 Å². The Bertz CT molecular complexity index is 579. The molecule has 0 bridgehead atoms. The Morgan fingerprint density at radius 3 is 2.85 bits per heavy atom. The molecule has 7 heteroatoms. The van der Waals surface area contributed by atoms with Gasteiger partial charge >= 0.3 is 5.97 Å². The lowest BCUT2D eigenvalue weighted by Gasteiger charge is -2.28. The maximum atomic E-state index is 12.2. The molecule has 1 fully saturated rings. The average Bonchev–Trinajstić information content (AvgIpc) is 2.89. The van der Waals surface area contributed by atoms with E-state index in [0.717, 1.165) is 38.2 Å². The highest BCUT2D eigenvalue weighted by molar-refractivity contribution is 7.89. The monoisotopic (exact) mass is 300 g/mol. The number of sulfonamides is 1. The number of carboxylic acids is 1. The van der Waals surface area contributed by atoms with Crippen LogP contribution in [0.1, 0.15) is 49.5 Å². The van der Waals surface area contributed by atoms with Gasteiger partial charge in [-0.1, -0.05) is 26.2 Å². The van der Waals surface area contributed by atoms with Crippen molar-refractivity contribution < 1.29 is 18.3 Å². The Morgan fingerprint density at radius 2 is 2.25 bits per heavy atom. The minimum atomic E-state index is -3.65. The van der Waals surface area contributed by atoms with Crippen LogP contribution in [0.25, 0.3) is 0 Å². The SMILES string of the molecule is CCC1CCCC(NS(=O)(=O)c2c[nH]c(C(=O)O)c2)C1. The lowest BCUT2D eigenvalue weighted by atomic mass is 9.85. The molecule has 2 unspecified atom stereocenters. The first kappa shape index (κ1) is 15.1. The largest absolute Gasteiger partial charge is 0.477 e. The van der Waals surface area contributed by atoms with E-state index >= 15 is 0 Å². The molecule has 0 amide bonds. The summed E-state index contributed by atoms with van der Waals surface area (Å²) >= 11 is 0. The summed E-state index contributed by atoms with van der Waals surface area (Å²) in [5.41, 5.74) is -0.125. The molecule has 0 aliphatic heterocycles. The third kappa shape index (κ3) is 3.40. The zero-order chi connectivity index (χ0) is 14.8. The fraction of sp³-hybridized carbons (Fsp3) is 0.615. The fourth-order valence-corrected chi connectivity index (χ4v) is 3.99. The molecule has 1 aliphatic carbocycles. The van der Waals surface area contributed by atoms with Crippen molar-refractivity contribution in [2.24, 2.45) is 5.92 Å². The summed E-state index contributed by atoms with van der Waals surface area (Å²) < 4.78 is 27.1. The Labute approximate surface area is 118 Å². The van der Waals surface area contributed by atoms with Crippen LogP contribution in [0.3, 0.4) is 0 Å². The summed E-state index contributed by atoms with van der Waals surface area (Å²) in [5, 5.41) is 8.81. The van der Waals surface area contributed by atoms with Gasteiger partial charge in [-0.3, -0.25) is 0 Å². The highest BCUT2D eigenvalue weighted by atomic mass is 32.2. The van der Waals surface area contributed by atoms with Gasteiger partial charge in [0, 0.05) is 12.2 Å². The highest BCUT2D eigenvalue weighted by Gasteiger charge is 2.26. The summed E-state index contributed by atoms with van der Waals surface area (Å²) in [4.78, 5) is 13.2. The van der Waals surface area contributed by atoms with E-state index in [4.69, 9.17) is 5.11 Å². The smallest absolute Gasteiger partial charge is 0.352 e. The van der Waals surface area contributed by atoms with E-state index in [1.165, 1.54) is 6.20 Å². The topological polar surface area (TPSA) is 99.3 Å². The van der Waals surface area contributed by atoms with E-state index in [-0.39, 0.29) is 16.6 Å². The molecule has 1 heterocycles. The number of carboxylic acid groups (broad SMARTS) is 1. The molecule has 1 aromatic heterocycles. The van der Waals surface area contributed by atoms with Crippen molar-refractivity contribution >= 4 is 16.0 Å². The quantitative estimate of drug-likeness (QED) is 0.774. The van der Waals surface area contributed by atoms with Gasteiger partial charge in [0.1, 0.15) is 10.6 Å². The number of aromatic nitrogens is 1. The molecule has 112 valence electrons. The maximum absolute atomic E-state index is 12.2. The number of hydrogen-bond acceptors (Lipinski definition) is 3. The minimum Gasteiger partial charge on any atom is -0.477 e. The number of rotatable bonds is 5. The number of aromatic amines is 1. The predicted octanol–water partition coefficient (Wildman–Crippen LogP) is 1.96. The van der Waals surface area contributed by atoms with Crippen LogP contribution >= 0.6 is 0 Å². The number of nitrogens with one attached hydrogen (secondary N) is 2. The zero-order valence-corrected chi connectivity index (χ0v) is 12.2. The zero-order valence-electron chi connectivity index (χ0n) is 11.4. The van der Waals surface area contributed by atoms with Crippen LogP contribution in [0.5, 0.6) is 0 Å². The molecular weight excluding hydrogens is 280 g/mol. The first-order chi connectivity index (χ1) is 9.42. The van der Waals surface area contributed by atoms with Crippen LogP contribution in [0.2, 0.25) is 0 Å². The Hall–Kier alpha value is -1.34. The van der Waals surface area contributed by atoms with Crippen LogP contribution in [-0.2, 0) is 10.0 Å². The predicted molar refractivity (Wildman–Crippen MR) is 74.1 cm³/mol.